The number of aromatic nitrogens is 3. The van der Waals surface area contributed by atoms with Crippen molar-refractivity contribution in [3.05, 3.63) is 24.5 Å². The second kappa shape index (κ2) is 5.81. The van der Waals surface area contributed by atoms with Gasteiger partial charge in [0.25, 0.3) is 0 Å². The molecule has 2 aromatic rings. The van der Waals surface area contributed by atoms with Crippen LogP contribution in [0.15, 0.2) is 24.5 Å². The Hall–Kier alpha value is -2.15. The van der Waals surface area contributed by atoms with E-state index in [1.54, 1.807) is 10.7 Å². The van der Waals surface area contributed by atoms with Gasteiger partial charge in [0.2, 0.25) is 5.91 Å². The molecule has 4 heterocycles. The summed E-state index contributed by atoms with van der Waals surface area (Å²) in [5.41, 5.74) is 0.828. The van der Waals surface area contributed by atoms with Crippen LogP contribution in [0.2, 0.25) is 0 Å². The van der Waals surface area contributed by atoms with Crippen molar-refractivity contribution in [3.8, 4) is 0 Å². The molecule has 2 saturated heterocycles. The van der Waals surface area contributed by atoms with Crippen molar-refractivity contribution in [1.29, 1.82) is 0 Å². The quantitative estimate of drug-likeness (QED) is 0.920. The van der Waals surface area contributed by atoms with Crippen LogP contribution in [0.1, 0.15) is 19.8 Å². The average molecular weight is 315 g/mol. The highest BCUT2D eigenvalue weighted by atomic mass is 16.5. The maximum absolute atomic E-state index is 12.6. The molecule has 3 atom stereocenters. The second-order valence-corrected chi connectivity index (χ2v) is 6.33. The van der Waals surface area contributed by atoms with Crippen molar-refractivity contribution >= 4 is 17.4 Å². The number of likely N-dealkylation sites (tertiary alicyclic amines) is 1. The highest BCUT2D eigenvalue weighted by molar-refractivity contribution is 5.80. The average Bonchev–Trinajstić information content (AvgIpc) is 3.26. The van der Waals surface area contributed by atoms with E-state index in [2.05, 4.69) is 15.4 Å². The third kappa shape index (κ3) is 2.76. The summed E-state index contributed by atoms with van der Waals surface area (Å²) in [6.45, 7) is 4.21. The predicted octanol–water partition coefficient (Wildman–Crippen LogP) is 1.17. The van der Waals surface area contributed by atoms with E-state index >= 15 is 0 Å². The van der Waals surface area contributed by atoms with Crippen molar-refractivity contribution in [3.63, 3.8) is 0 Å². The van der Waals surface area contributed by atoms with Crippen molar-refractivity contribution in [2.75, 3.05) is 25.0 Å². The van der Waals surface area contributed by atoms with E-state index in [9.17, 15) is 4.79 Å². The lowest BCUT2D eigenvalue weighted by Crippen LogP contribution is -2.38. The molecule has 0 bridgehead atoms. The number of ether oxygens (including phenoxy) is 1. The van der Waals surface area contributed by atoms with Crippen LogP contribution in [0, 0.1) is 5.92 Å². The number of amides is 1. The van der Waals surface area contributed by atoms with Crippen LogP contribution in [-0.4, -0.2) is 57.2 Å². The van der Waals surface area contributed by atoms with Crippen LogP contribution < -0.4 is 5.32 Å². The van der Waals surface area contributed by atoms with Crippen molar-refractivity contribution in [2.45, 2.75) is 31.9 Å². The molecule has 0 radical (unpaired) electrons. The van der Waals surface area contributed by atoms with Gasteiger partial charge in [-0.3, -0.25) is 4.79 Å². The Balaban J connectivity index is 1.39. The molecule has 3 unspecified atom stereocenters. The molecular formula is C16H21N5O2. The number of anilines is 1. The van der Waals surface area contributed by atoms with E-state index in [1.165, 1.54) is 0 Å². The smallest absolute Gasteiger partial charge is 0.228 e. The third-order valence-corrected chi connectivity index (χ3v) is 4.80. The SMILES string of the molecule is CC1OCCC1C(=O)N1CCC(Nc2ccc3nccn3n2)C1. The number of rotatable bonds is 3. The van der Waals surface area contributed by atoms with E-state index in [4.69, 9.17) is 4.74 Å². The van der Waals surface area contributed by atoms with Crippen LogP contribution >= 0.6 is 0 Å². The van der Waals surface area contributed by atoms with Gasteiger partial charge in [0.15, 0.2) is 5.65 Å². The first-order chi connectivity index (χ1) is 11.2. The summed E-state index contributed by atoms with van der Waals surface area (Å²) in [5, 5.41) is 7.90. The number of nitrogens with one attached hydrogen (secondary N) is 1. The van der Waals surface area contributed by atoms with E-state index in [0.29, 0.717) is 6.61 Å². The molecule has 122 valence electrons. The standard InChI is InChI=1S/C16H21N5O2/c1-11-13(5-9-23-11)16(22)20-7-4-12(10-20)18-14-2-3-15-17-6-8-21(15)19-14/h2-3,6,8,11-13H,4-5,7,9-10H2,1H3,(H,18,19). The minimum atomic E-state index is 0.0224. The number of hydrogen-bond donors (Lipinski definition) is 1. The van der Waals surface area contributed by atoms with Gasteiger partial charge in [0.1, 0.15) is 5.82 Å². The Labute approximate surface area is 134 Å². The molecule has 1 N–H and O–H groups in total. The van der Waals surface area contributed by atoms with Gasteiger partial charge in [-0.05, 0) is 31.9 Å². The molecule has 7 nitrogen and oxygen atoms in total. The number of carbonyl (C=O) groups excluding carboxylic acids is 1. The molecule has 0 aromatic carbocycles. The Kier molecular flexibility index (Phi) is 3.65. The first kappa shape index (κ1) is 14.4. The van der Waals surface area contributed by atoms with E-state index in [0.717, 1.165) is 37.4 Å². The molecule has 4 rings (SSSR count). The summed E-state index contributed by atoms with van der Waals surface area (Å²) >= 11 is 0. The van der Waals surface area contributed by atoms with E-state index in [-0.39, 0.29) is 24.0 Å². The first-order valence-corrected chi connectivity index (χ1v) is 8.18. The first-order valence-electron chi connectivity index (χ1n) is 8.18. The molecule has 7 heteroatoms. The third-order valence-electron chi connectivity index (χ3n) is 4.80. The van der Waals surface area contributed by atoms with Gasteiger partial charge in [-0.1, -0.05) is 0 Å². The summed E-state index contributed by atoms with van der Waals surface area (Å²) in [7, 11) is 0. The van der Waals surface area contributed by atoms with Crippen LogP contribution in [-0.2, 0) is 9.53 Å². The van der Waals surface area contributed by atoms with Crippen molar-refractivity contribution in [1.82, 2.24) is 19.5 Å². The van der Waals surface area contributed by atoms with E-state index in [1.807, 2.05) is 30.2 Å². The Bertz CT molecular complexity index is 715. The molecule has 0 spiro atoms. The van der Waals surface area contributed by atoms with Crippen LogP contribution in [0.25, 0.3) is 5.65 Å². The Morgan fingerprint density at radius 2 is 2.30 bits per heavy atom. The predicted molar refractivity (Wildman–Crippen MR) is 85.1 cm³/mol. The molecule has 0 aliphatic carbocycles. The molecule has 2 aromatic heterocycles. The Morgan fingerprint density at radius 1 is 1.39 bits per heavy atom. The lowest BCUT2D eigenvalue weighted by molar-refractivity contribution is -0.135. The van der Waals surface area contributed by atoms with Gasteiger partial charge in [-0.2, -0.15) is 0 Å². The summed E-state index contributed by atoms with van der Waals surface area (Å²) in [4.78, 5) is 18.7. The Morgan fingerprint density at radius 3 is 3.13 bits per heavy atom. The number of nitrogens with zero attached hydrogens (tertiary/aromatic N) is 4. The summed E-state index contributed by atoms with van der Waals surface area (Å²) < 4.78 is 7.27. The largest absolute Gasteiger partial charge is 0.378 e. The van der Waals surface area contributed by atoms with Crippen LogP contribution in [0.3, 0.4) is 0 Å². The number of imidazole rings is 1. The zero-order valence-corrected chi connectivity index (χ0v) is 13.2. The zero-order valence-electron chi connectivity index (χ0n) is 13.2. The zero-order chi connectivity index (χ0) is 15.8. The maximum atomic E-state index is 12.6. The lowest BCUT2D eigenvalue weighted by Gasteiger charge is -2.22. The van der Waals surface area contributed by atoms with Gasteiger partial charge in [-0.25, -0.2) is 9.50 Å². The van der Waals surface area contributed by atoms with Crippen LogP contribution in [0.4, 0.5) is 5.82 Å². The second-order valence-electron chi connectivity index (χ2n) is 6.33. The summed E-state index contributed by atoms with van der Waals surface area (Å²) in [6.07, 6.45) is 5.38. The molecule has 2 aliphatic heterocycles. The minimum absolute atomic E-state index is 0.0224. The summed E-state index contributed by atoms with van der Waals surface area (Å²) in [5.74, 6) is 1.07. The highest BCUT2D eigenvalue weighted by Crippen LogP contribution is 2.25. The number of hydrogen-bond acceptors (Lipinski definition) is 5. The molecular weight excluding hydrogens is 294 g/mol. The number of carbonyl (C=O) groups is 1. The van der Waals surface area contributed by atoms with Gasteiger partial charge < -0.3 is 15.0 Å². The lowest BCUT2D eigenvalue weighted by atomic mass is 10.0. The van der Waals surface area contributed by atoms with E-state index < -0.39 is 0 Å². The fraction of sp³-hybridized carbons (Fsp3) is 0.562. The molecule has 23 heavy (non-hydrogen) atoms. The van der Waals surface area contributed by atoms with Gasteiger partial charge in [0, 0.05) is 38.1 Å². The topological polar surface area (TPSA) is 71.8 Å². The van der Waals surface area contributed by atoms with Gasteiger partial charge >= 0.3 is 0 Å². The maximum Gasteiger partial charge on any atom is 0.228 e. The molecule has 0 saturated carbocycles. The monoisotopic (exact) mass is 315 g/mol. The summed E-state index contributed by atoms with van der Waals surface area (Å²) in [6, 6.07) is 4.11. The van der Waals surface area contributed by atoms with Gasteiger partial charge in [0.05, 0.1) is 12.0 Å². The van der Waals surface area contributed by atoms with Crippen molar-refractivity contribution < 1.29 is 9.53 Å². The number of fused-ring (bicyclic) bond motifs is 1. The minimum Gasteiger partial charge on any atom is -0.378 e. The highest BCUT2D eigenvalue weighted by Gasteiger charge is 2.36. The van der Waals surface area contributed by atoms with Gasteiger partial charge in [-0.15, -0.1) is 5.10 Å². The molecule has 2 fully saturated rings. The normalized spacial score (nSPS) is 27.7. The van der Waals surface area contributed by atoms with Crippen LogP contribution in [0.5, 0.6) is 0 Å². The fourth-order valence-corrected chi connectivity index (χ4v) is 3.47. The molecule has 1 amide bonds. The molecule has 2 aliphatic rings. The van der Waals surface area contributed by atoms with Crippen molar-refractivity contribution in [2.24, 2.45) is 5.92 Å². The fourth-order valence-electron chi connectivity index (χ4n) is 3.47.